The maximum atomic E-state index is 12.4. The summed E-state index contributed by atoms with van der Waals surface area (Å²) in [6.07, 6.45) is 0. The number of ether oxygens (including phenoxy) is 2. The van der Waals surface area contributed by atoms with Gasteiger partial charge in [-0.15, -0.1) is 0 Å². The molecule has 140 valence electrons. The predicted molar refractivity (Wildman–Crippen MR) is 106 cm³/mol. The first-order valence-electron chi connectivity index (χ1n) is 8.14. The van der Waals surface area contributed by atoms with Crippen LogP contribution in [0, 0.1) is 0 Å². The molecular weight excluding hydrogens is 366 g/mol. The van der Waals surface area contributed by atoms with E-state index in [1.807, 2.05) is 6.07 Å². The van der Waals surface area contributed by atoms with E-state index in [9.17, 15) is 9.59 Å². The van der Waals surface area contributed by atoms with Gasteiger partial charge in [0.05, 0.1) is 36.6 Å². The van der Waals surface area contributed by atoms with E-state index < -0.39 is 0 Å². The Morgan fingerprint density at radius 1 is 1.19 bits per heavy atom. The lowest BCUT2D eigenvalue weighted by molar-refractivity contribution is -0.113. The Morgan fingerprint density at radius 2 is 1.96 bits per heavy atom. The van der Waals surface area contributed by atoms with Gasteiger partial charge in [0.25, 0.3) is 5.56 Å². The maximum Gasteiger partial charge on any atom is 0.261 e. The molecule has 3 aromatic rings. The van der Waals surface area contributed by atoms with Crippen LogP contribution in [0.4, 0.5) is 5.69 Å². The molecule has 0 bridgehead atoms. The Morgan fingerprint density at radius 3 is 2.70 bits per heavy atom. The van der Waals surface area contributed by atoms with Gasteiger partial charge in [-0.3, -0.25) is 14.2 Å². The number of fused-ring (bicyclic) bond motifs is 1. The van der Waals surface area contributed by atoms with Crippen LogP contribution in [0.2, 0.25) is 0 Å². The first kappa shape index (κ1) is 18.8. The molecule has 0 radical (unpaired) electrons. The molecule has 0 atom stereocenters. The van der Waals surface area contributed by atoms with Crippen molar-refractivity contribution >= 4 is 34.3 Å². The first-order valence-corrected chi connectivity index (χ1v) is 9.12. The predicted octanol–water partition coefficient (Wildman–Crippen LogP) is 2.68. The van der Waals surface area contributed by atoms with Crippen LogP contribution in [0.5, 0.6) is 11.5 Å². The molecule has 3 rings (SSSR count). The minimum absolute atomic E-state index is 0.105. The molecule has 0 unspecified atom stereocenters. The van der Waals surface area contributed by atoms with Crippen LogP contribution in [0.25, 0.3) is 10.9 Å². The highest BCUT2D eigenvalue weighted by atomic mass is 32.2. The lowest BCUT2D eigenvalue weighted by atomic mass is 10.2. The average Bonchev–Trinajstić information content (AvgIpc) is 2.70. The molecule has 2 aromatic carbocycles. The topological polar surface area (TPSA) is 82.5 Å². The van der Waals surface area contributed by atoms with Crippen molar-refractivity contribution in [3.63, 3.8) is 0 Å². The third kappa shape index (κ3) is 4.06. The summed E-state index contributed by atoms with van der Waals surface area (Å²) in [6.45, 7) is 0. The number of thioether (sulfide) groups is 1. The van der Waals surface area contributed by atoms with Gasteiger partial charge < -0.3 is 14.8 Å². The molecule has 7 nitrogen and oxygen atoms in total. The number of carbonyl (C=O) groups is 1. The molecule has 1 heterocycles. The van der Waals surface area contributed by atoms with Gasteiger partial charge >= 0.3 is 0 Å². The monoisotopic (exact) mass is 385 g/mol. The fourth-order valence-electron chi connectivity index (χ4n) is 2.54. The van der Waals surface area contributed by atoms with Crippen LogP contribution in [-0.4, -0.2) is 35.4 Å². The highest BCUT2D eigenvalue weighted by Crippen LogP contribution is 2.29. The van der Waals surface area contributed by atoms with E-state index in [0.717, 1.165) is 0 Å². The van der Waals surface area contributed by atoms with Crippen molar-refractivity contribution in [2.75, 3.05) is 25.3 Å². The quantitative estimate of drug-likeness (QED) is 0.519. The third-order valence-electron chi connectivity index (χ3n) is 3.96. The summed E-state index contributed by atoms with van der Waals surface area (Å²) in [6, 6.07) is 12.3. The molecule has 27 heavy (non-hydrogen) atoms. The summed E-state index contributed by atoms with van der Waals surface area (Å²) < 4.78 is 11.9. The fourth-order valence-corrected chi connectivity index (χ4v) is 3.32. The number of nitrogens with zero attached hydrogens (tertiary/aromatic N) is 2. The highest BCUT2D eigenvalue weighted by molar-refractivity contribution is 7.99. The molecule has 8 heteroatoms. The summed E-state index contributed by atoms with van der Waals surface area (Å²) >= 11 is 1.20. The number of hydrogen-bond donors (Lipinski definition) is 1. The first-order chi connectivity index (χ1) is 13.0. The van der Waals surface area contributed by atoms with Crippen LogP contribution in [0.1, 0.15) is 0 Å². The second kappa shape index (κ2) is 8.13. The Kier molecular flexibility index (Phi) is 5.66. The summed E-state index contributed by atoms with van der Waals surface area (Å²) in [5.41, 5.74) is 1.02. The number of aromatic nitrogens is 2. The Labute approximate surface area is 160 Å². The Balaban J connectivity index is 1.74. The molecule has 1 amide bonds. The average molecular weight is 385 g/mol. The number of hydrogen-bond acceptors (Lipinski definition) is 6. The minimum Gasteiger partial charge on any atom is -0.497 e. The van der Waals surface area contributed by atoms with Crippen molar-refractivity contribution in [1.29, 1.82) is 0 Å². The number of para-hydroxylation sites is 1. The summed E-state index contributed by atoms with van der Waals surface area (Å²) in [5, 5.41) is 3.83. The molecule has 0 aliphatic heterocycles. The lowest BCUT2D eigenvalue weighted by Crippen LogP contribution is -2.21. The summed E-state index contributed by atoms with van der Waals surface area (Å²) in [7, 11) is 4.73. The van der Waals surface area contributed by atoms with Gasteiger partial charge in [-0.1, -0.05) is 23.9 Å². The zero-order chi connectivity index (χ0) is 19.4. The fraction of sp³-hybridized carbons (Fsp3) is 0.211. The van der Waals surface area contributed by atoms with Gasteiger partial charge in [-0.25, -0.2) is 4.98 Å². The molecule has 0 saturated carbocycles. The number of amides is 1. The van der Waals surface area contributed by atoms with E-state index in [2.05, 4.69) is 10.3 Å². The molecule has 0 fully saturated rings. The number of benzene rings is 2. The zero-order valence-corrected chi connectivity index (χ0v) is 16.0. The van der Waals surface area contributed by atoms with E-state index in [-0.39, 0.29) is 17.2 Å². The van der Waals surface area contributed by atoms with Crippen LogP contribution >= 0.6 is 11.8 Å². The number of anilines is 1. The lowest BCUT2D eigenvalue weighted by Gasteiger charge is -2.12. The smallest absolute Gasteiger partial charge is 0.261 e. The van der Waals surface area contributed by atoms with Crippen molar-refractivity contribution < 1.29 is 14.3 Å². The van der Waals surface area contributed by atoms with Crippen molar-refractivity contribution in [1.82, 2.24) is 9.55 Å². The van der Waals surface area contributed by atoms with Crippen molar-refractivity contribution in [3.05, 3.63) is 52.8 Å². The van der Waals surface area contributed by atoms with Gasteiger partial charge in [0.15, 0.2) is 5.16 Å². The molecule has 1 N–H and O–H groups in total. The normalized spacial score (nSPS) is 10.6. The van der Waals surface area contributed by atoms with Crippen LogP contribution in [0.3, 0.4) is 0 Å². The number of rotatable bonds is 6. The Hall–Kier alpha value is -3.00. The van der Waals surface area contributed by atoms with Crippen LogP contribution in [-0.2, 0) is 11.8 Å². The molecule has 1 aromatic heterocycles. The van der Waals surface area contributed by atoms with Gasteiger partial charge in [0.2, 0.25) is 5.91 Å². The molecule has 0 aliphatic rings. The van der Waals surface area contributed by atoms with Gasteiger partial charge in [0, 0.05) is 13.1 Å². The van der Waals surface area contributed by atoms with E-state index in [1.165, 1.54) is 23.4 Å². The van der Waals surface area contributed by atoms with E-state index in [4.69, 9.17) is 9.47 Å². The highest BCUT2D eigenvalue weighted by Gasteiger charge is 2.13. The number of nitrogens with one attached hydrogen (secondary N) is 1. The SMILES string of the molecule is COc1ccc(NC(=O)CSc2nc3ccccc3c(=O)n2C)c(OC)c1. The van der Waals surface area contributed by atoms with Crippen LogP contribution < -0.4 is 20.3 Å². The molecular formula is C19H19N3O4S. The van der Waals surface area contributed by atoms with Crippen molar-refractivity contribution in [2.24, 2.45) is 7.05 Å². The standard InChI is InChI=1S/C19H19N3O4S/c1-22-18(24)13-6-4-5-7-14(13)21-19(22)27-11-17(23)20-15-9-8-12(25-2)10-16(15)26-3/h4-10H,11H2,1-3H3,(H,20,23). The molecule has 0 saturated heterocycles. The van der Waals surface area contributed by atoms with Gasteiger partial charge in [-0.2, -0.15) is 0 Å². The molecule has 0 spiro atoms. The molecule has 0 aliphatic carbocycles. The number of methoxy groups -OCH3 is 2. The largest absolute Gasteiger partial charge is 0.497 e. The number of carbonyl (C=O) groups excluding carboxylic acids is 1. The second-order valence-corrected chi connectivity index (χ2v) is 6.62. The van der Waals surface area contributed by atoms with Crippen molar-refractivity contribution in [3.8, 4) is 11.5 Å². The summed E-state index contributed by atoms with van der Waals surface area (Å²) in [5.74, 6) is 1.01. The van der Waals surface area contributed by atoms with E-state index >= 15 is 0 Å². The minimum atomic E-state index is -0.231. The van der Waals surface area contributed by atoms with E-state index in [0.29, 0.717) is 33.2 Å². The third-order valence-corrected chi connectivity index (χ3v) is 4.99. The Bertz CT molecular complexity index is 1050. The second-order valence-electron chi connectivity index (χ2n) is 5.68. The zero-order valence-electron chi connectivity index (χ0n) is 15.2. The summed E-state index contributed by atoms with van der Waals surface area (Å²) in [4.78, 5) is 29.2. The van der Waals surface area contributed by atoms with Gasteiger partial charge in [0.1, 0.15) is 11.5 Å². The van der Waals surface area contributed by atoms with Crippen LogP contribution in [0.15, 0.2) is 52.4 Å². The van der Waals surface area contributed by atoms with Crippen molar-refractivity contribution in [2.45, 2.75) is 5.16 Å². The maximum absolute atomic E-state index is 12.4. The van der Waals surface area contributed by atoms with E-state index in [1.54, 1.807) is 50.6 Å². The van der Waals surface area contributed by atoms with Gasteiger partial charge in [-0.05, 0) is 24.3 Å².